The van der Waals surface area contributed by atoms with Crippen LogP contribution >= 0.6 is 0 Å². The van der Waals surface area contributed by atoms with E-state index in [9.17, 15) is 0 Å². The molecule has 0 amide bonds. The lowest BCUT2D eigenvalue weighted by Gasteiger charge is -2.48. The summed E-state index contributed by atoms with van der Waals surface area (Å²) >= 11 is 0. The van der Waals surface area contributed by atoms with Gasteiger partial charge in [-0.2, -0.15) is 0 Å². The first kappa shape index (κ1) is 12.0. The maximum atomic E-state index is 3.89. The van der Waals surface area contributed by atoms with E-state index in [0.29, 0.717) is 5.54 Å². The lowest BCUT2D eigenvalue weighted by molar-refractivity contribution is 0.0582. The Balaban J connectivity index is 1.67. The predicted octanol–water partition coefficient (Wildman–Crippen LogP) is 2.64. The molecular formula is C15H28N2. The van der Waals surface area contributed by atoms with Gasteiger partial charge in [-0.15, -0.1) is 0 Å². The van der Waals surface area contributed by atoms with Gasteiger partial charge in [-0.3, -0.25) is 4.90 Å². The van der Waals surface area contributed by atoms with Gasteiger partial charge in [0.05, 0.1) is 0 Å². The van der Waals surface area contributed by atoms with Crippen molar-refractivity contribution in [1.82, 2.24) is 10.2 Å². The van der Waals surface area contributed by atoms with Crippen LogP contribution in [0.25, 0.3) is 0 Å². The van der Waals surface area contributed by atoms with E-state index in [0.717, 1.165) is 17.9 Å². The van der Waals surface area contributed by atoms with Crippen molar-refractivity contribution in [2.75, 3.05) is 19.6 Å². The van der Waals surface area contributed by atoms with Crippen LogP contribution in [0.5, 0.6) is 0 Å². The monoisotopic (exact) mass is 236 g/mol. The topological polar surface area (TPSA) is 15.3 Å². The van der Waals surface area contributed by atoms with Crippen molar-refractivity contribution in [2.45, 2.75) is 64.0 Å². The van der Waals surface area contributed by atoms with Crippen LogP contribution in [0, 0.1) is 11.8 Å². The number of hydrogen-bond acceptors (Lipinski definition) is 2. The second kappa shape index (κ2) is 4.55. The summed E-state index contributed by atoms with van der Waals surface area (Å²) in [5.41, 5.74) is 0.417. The molecule has 1 N–H and O–H groups in total. The fourth-order valence-corrected chi connectivity index (χ4v) is 3.51. The van der Waals surface area contributed by atoms with Gasteiger partial charge in [-0.1, -0.05) is 13.8 Å². The normalized spacial score (nSPS) is 33.9. The molecule has 0 aromatic rings. The molecule has 1 heterocycles. The Morgan fingerprint density at radius 3 is 2.35 bits per heavy atom. The molecule has 3 aliphatic rings. The number of rotatable bonds is 5. The highest BCUT2D eigenvalue weighted by Gasteiger charge is 2.44. The van der Waals surface area contributed by atoms with Gasteiger partial charge >= 0.3 is 0 Å². The smallest absolute Gasteiger partial charge is 0.0304 e. The van der Waals surface area contributed by atoms with Crippen LogP contribution in [0.2, 0.25) is 0 Å². The standard InChI is InChI=1S/C15H28N2/c1-3-15(4-2)11-17(10-12-5-6-12)14(9-16-15)13-7-8-13/h12-14,16H,3-11H2,1-2H3. The summed E-state index contributed by atoms with van der Waals surface area (Å²) < 4.78 is 0. The maximum absolute atomic E-state index is 3.89. The molecule has 0 bridgehead atoms. The number of nitrogens with one attached hydrogen (secondary N) is 1. The summed E-state index contributed by atoms with van der Waals surface area (Å²) in [7, 11) is 0. The third kappa shape index (κ3) is 2.53. The van der Waals surface area contributed by atoms with E-state index < -0.39 is 0 Å². The van der Waals surface area contributed by atoms with Crippen molar-refractivity contribution >= 4 is 0 Å². The molecule has 0 radical (unpaired) electrons. The summed E-state index contributed by atoms with van der Waals surface area (Å²) in [5.74, 6) is 2.06. The Bertz CT molecular complexity index is 264. The van der Waals surface area contributed by atoms with Crippen molar-refractivity contribution < 1.29 is 0 Å². The van der Waals surface area contributed by atoms with Crippen molar-refractivity contribution in [3.63, 3.8) is 0 Å². The number of nitrogens with zero attached hydrogens (tertiary/aromatic N) is 1. The molecule has 1 unspecified atom stereocenters. The van der Waals surface area contributed by atoms with Gasteiger partial charge in [0.1, 0.15) is 0 Å². The molecular weight excluding hydrogens is 208 g/mol. The van der Waals surface area contributed by atoms with Crippen molar-refractivity contribution in [3.05, 3.63) is 0 Å². The zero-order chi connectivity index (χ0) is 11.9. The summed E-state index contributed by atoms with van der Waals surface area (Å²) in [6, 6.07) is 0.863. The molecule has 2 saturated carbocycles. The molecule has 2 heteroatoms. The summed E-state index contributed by atoms with van der Waals surface area (Å²) in [4.78, 5) is 2.86. The van der Waals surface area contributed by atoms with Crippen molar-refractivity contribution in [1.29, 1.82) is 0 Å². The van der Waals surface area contributed by atoms with Gasteiger partial charge in [0.15, 0.2) is 0 Å². The van der Waals surface area contributed by atoms with Crippen molar-refractivity contribution in [3.8, 4) is 0 Å². The molecule has 17 heavy (non-hydrogen) atoms. The summed E-state index contributed by atoms with van der Waals surface area (Å²) in [6.45, 7) is 8.65. The Hall–Kier alpha value is -0.0800. The minimum atomic E-state index is 0.417. The van der Waals surface area contributed by atoms with E-state index in [2.05, 4.69) is 24.1 Å². The molecule has 98 valence electrons. The van der Waals surface area contributed by atoms with Gasteiger partial charge in [0.2, 0.25) is 0 Å². The fourth-order valence-electron chi connectivity index (χ4n) is 3.51. The van der Waals surface area contributed by atoms with Crippen molar-refractivity contribution in [2.24, 2.45) is 11.8 Å². The largest absolute Gasteiger partial charge is 0.308 e. The minimum Gasteiger partial charge on any atom is -0.308 e. The second-order valence-corrected chi connectivity index (χ2v) is 6.65. The first-order chi connectivity index (χ1) is 8.26. The average molecular weight is 236 g/mol. The Morgan fingerprint density at radius 1 is 1.12 bits per heavy atom. The van der Waals surface area contributed by atoms with Crippen LogP contribution in [0.4, 0.5) is 0 Å². The highest BCUT2D eigenvalue weighted by atomic mass is 15.3. The van der Waals surface area contributed by atoms with E-state index >= 15 is 0 Å². The summed E-state index contributed by atoms with van der Waals surface area (Å²) in [5, 5.41) is 3.89. The SMILES string of the molecule is CCC1(CC)CN(CC2CC2)C(C2CC2)CN1. The van der Waals surface area contributed by atoms with Crippen LogP contribution in [-0.4, -0.2) is 36.1 Å². The Morgan fingerprint density at radius 2 is 1.82 bits per heavy atom. The molecule has 3 fully saturated rings. The molecule has 3 rings (SSSR count). The lowest BCUT2D eigenvalue weighted by Crippen LogP contribution is -2.64. The number of piperazine rings is 1. The summed E-state index contributed by atoms with van der Waals surface area (Å²) in [6.07, 6.45) is 8.51. The van der Waals surface area contributed by atoms with E-state index in [4.69, 9.17) is 0 Å². The second-order valence-electron chi connectivity index (χ2n) is 6.65. The molecule has 1 aliphatic heterocycles. The molecule has 2 aliphatic carbocycles. The maximum Gasteiger partial charge on any atom is 0.0304 e. The van der Waals surface area contributed by atoms with Gasteiger partial charge in [0.25, 0.3) is 0 Å². The molecule has 1 atom stereocenters. The third-order valence-corrected chi connectivity index (χ3v) is 5.37. The van der Waals surface area contributed by atoms with E-state index in [-0.39, 0.29) is 0 Å². The molecule has 0 spiro atoms. The first-order valence-electron chi connectivity index (χ1n) is 7.75. The van der Waals surface area contributed by atoms with Crippen LogP contribution in [0.3, 0.4) is 0 Å². The quantitative estimate of drug-likeness (QED) is 0.789. The van der Waals surface area contributed by atoms with Crippen LogP contribution < -0.4 is 5.32 Å². The Labute approximate surface area is 106 Å². The zero-order valence-electron chi connectivity index (χ0n) is 11.5. The average Bonchev–Trinajstić information content (AvgIpc) is 3.22. The van der Waals surface area contributed by atoms with Crippen LogP contribution in [0.1, 0.15) is 52.4 Å². The molecule has 0 aromatic heterocycles. The highest BCUT2D eigenvalue weighted by molar-refractivity contribution is 5.02. The van der Waals surface area contributed by atoms with Gasteiger partial charge in [-0.05, 0) is 50.4 Å². The zero-order valence-corrected chi connectivity index (χ0v) is 11.5. The molecule has 1 saturated heterocycles. The van der Waals surface area contributed by atoms with Gasteiger partial charge in [0, 0.05) is 31.2 Å². The number of hydrogen-bond donors (Lipinski definition) is 1. The van der Waals surface area contributed by atoms with E-state index in [1.165, 1.54) is 58.2 Å². The predicted molar refractivity (Wildman–Crippen MR) is 72.1 cm³/mol. The van der Waals surface area contributed by atoms with Crippen LogP contribution in [-0.2, 0) is 0 Å². The molecule has 0 aromatic carbocycles. The fraction of sp³-hybridized carbons (Fsp3) is 1.00. The van der Waals surface area contributed by atoms with Gasteiger partial charge < -0.3 is 5.32 Å². The molecule has 2 nitrogen and oxygen atoms in total. The van der Waals surface area contributed by atoms with E-state index in [1.54, 1.807) is 0 Å². The first-order valence-corrected chi connectivity index (χ1v) is 7.75. The highest BCUT2D eigenvalue weighted by Crippen LogP contribution is 2.40. The van der Waals surface area contributed by atoms with E-state index in [1.807, 2.05) is 0 Å². The Kier molecular flexibility index (Phi) is 3.20. The minimum absolute atomic E-state index is 0.417. The lowest BCUT2D eigenvalue weighted by atomic mass is 9.87. The van der Waals surface area contributed by atoms with Crippen LogP contribution in [0.15, 0.2) is 0 Å². The van der Waals surface area contributed by atoms with Gasteiger partial charge in [-0.25, -0.2) is 0 Å². The third-order valence-electron chi connectivity index (χ3n) is 5.37.